The molecule has 244 valence electrons. The molecule has 0 aromatic carbocycles. The predicted octanol–water partition coefficient (Wildman–Crippen LogP) is 4.07. The summed E-state index contributed by atoms with van der Waals surface area (Å²) in [7, 11) is -7.91. The van der Waals surface area contributed by atoms with Gasteiger partial charge in [-0.1, -0.05) is 6.92 Å². The number of carbonyl (C=O) groups excluding carboxylic acids is 1. The number of alkyl halides is 2. The molecule has 0 bridgehead atoms. The highest BCUT2D eigenvalue weighted by Crippen LogP contribution is 2.47. The van der Waals surface area contributed by atoms with E-state index in [-0.39, 0.29) is 35.4 Å². The first kappa shape index (κ1) is 34.7. The number of unbranched alkanes of at least 4 members (excludes halogenated alkanes) is 1. The van der Waals surface area contributed by atoms with Gasteiger partial charge in [0.1, 0.15) is 18.9 Å². The summed E-state index contributed by atoms with van der Waals surface area (Å²) in [6.45, 7) is 3.11. The number of rotatable bonds is 13. The van der Waals surface area contributed by atoms with Gasteiger partial charge in [-0.05, 0) is 74.8 Å². The highest BCUT2D eigenvalue weighted by Gasteiger charge is 2.46. The molecule has 43 heavy (non-hydrogen) atoms. The van der Waals surface area contributed by atoms with E-state index in [0.717, 1.165) is 41.2 Å². The Hall–Kier alpha value is -1.16. The lowest BCUT2D eigenvalue weighted by Crippen LogP contribution is -2.40. The zero-order chi connectivity index (χ0) is 31.4. The van der Waals surface area contributed by atoms with E-state index in [1.807, 2.05) is 4.72 Å². The molecule has 2 saturated carbocycles. The van der Waals surface area contributed by atoms with Gasteiger partial charge in [0.25, 0.3) is 0 Å². The van der Waals surface area contributed by atoms with Crippen LogP contribution in [0.2, 0.25) is 0 Å². The minimum atomic E-state index is -4.28. The molecule has 15 heteroatoms. The van der Waals surface area contributed by atoms with E-state index in [2.05, 4.69) is 28.6 Å². The van der Waals surface area contributed by atoms with E-state index in [4.69, 9.17) is 0 Å². The second kappa shape index (κ2) is 15.0. The molecule has 3 fully saturated rings. The van der Waals surface area contributed by atoms with Crippen molar-refractivity contribution in [2.45, 2.75) is 112 Å². The maximum Gasteiger partial charge on any atom is 0.235 e. The third-order valence-electron chi connectivity index (χ3n) is 8.46. The number of sulfonamides is 1. The summed E-state index contributed by atoms with van der Waals surface area (Å²) >= 11 is 3.47. The summed E-state index contributed by atoms with van der Waals surface area (Å²) in [5.74, 6) is -0.965. The van der Waals surface area contributed by atoms with Gasteiger partial charge in [0, 0.05) is 48.9 Å². The molecule has 2 heterocycles. The number of thioether (sulfide) groups is 2. The number of nitrogens with one attached hydrogen (secondary N) is 1. The predicted molar refractivity (Wildman–Crippen MR) is 167 cm³/mol. The number of halogens is 2. The fourth-order valence-corrected chi connectivity index (χ4v) is 10.6. The molecule has 0 aromatic rings. The Morgan fingerprint density at radius 1 is 1.05 bits per heavy atom. The summed E-state index contributed by atoms with van der Waals surface area (Å²) in [6.07, 6.45) is 8.88. The lowest BCUT2D eigenvalue weighted by molar-refractivity contribution is -0.563. The van der Waals surface area contributed by atoms with Gasteiger partial charge in [0.05, 0.1) is 26.7 Å². The Morgan fingerprint density at radius 3 is 2.42 bits per heavy atom. The van der Waals surface area contributed by atoms with Crippen LogP contribution in [0, 0.1) is 0 Å². The Morgan fingerprint density at radius 2 is 1.74 bits per heavy atom. The largest absolute Gasteiger partial charge is 0.748 e. The van der Waals surface area contributed by atoms with Crippen LogP contribution in [0.5, 0.6) is 0 Å². The molecule has 2 aliphatic heterocycles. The molecule has 0 radical (unpaired) electrons. The van der Waals surface area contributed by atoms with Crippen molar-refractivity contribution in [1.82, 2.24) is 9.62 Å². The van der Waals surface area contributed by atoms with Crippen LogP contribution in [0.15, 0.2) is 22.8 Å². The van der Waals surface area contributed by atoms with Gasteiger partial charge in [0.15, 0.2) is 6.04 Å². The van der Waals surface area contributed by atoms with Crippen LogP contribution in [-0.2, 0) is 24.9 Å². The molecule has 4 rings (SSSR count). The van der Waals surface area contributed by atoms with Crippen molar-refractivity contribution >= 4 is 54.6 Å². The lowest BCUT2D eigenvalue weighted by atomic mass is 9.92. The lowest BCUT2D eigenvalue weighted by Gasteiger charge is -2.33. The quantitative estimate of drug-likeness (QED) is 0.174. The first-order valence-corrected chi connectivity index (χ1v) is 20.3. The minimum Gasteiger partial charge on any atom is -0.748 e. The summed E-state index contributed by atoms with van der Waals surface area (Å²) in [5, 5.41) is 2.54. The van der Waals surface area contributed by atoms with Crippen LogP contribution in [0.4, 0.5) is 8.78 Å². The molecule has 9 nitrogen and oxygen atoms in total. The Labute approximate surface area is 263 Å². The van der Waals surface area contributed by atoms with Gasteiger partial charge < -0.3 is 9.45 Å². The van der Waals surface area contributed by atoms with Crippen molar-refractivity contribution in [3.8, 4) is 0 Å². The van der Waals surface area contributed by atoms with Crippen LogP contribution in [-0.4, -0.2) is 102 Å². The normalized spacial score (nSPS) is 31.0. The fourth-order valence-electron chi connectivity index (χ4n) is 6.42. The summed E-state index contributed by atoms with van der Waals surface area (Å²) < 4.78 is 89.2. The summed E-state index contributed by atoms with van der Waals surface area (Å²) in [4.78, 5) is 14.3. The Kier molecular flexibility index (Phi) is 12.1. The van der Waals surface area contributed by atoms with E-state index in [1.165, 1.54) is 0 Å². The average molecular weight is 684 g/mol. The standard InChI is InChI=1S/C28H43F2N3O6S4/c1-3-19(15-27-32(12-4-5-14-43(37,38)39)22-17-20(29)8-10-24(22)40-27)16-28-33(13-6-7-26(34)31-42(2,35)36)23-18-21(30)9-11-25(23)41-28/h15-16,20-25H,3-14,17-18H2,1-2H3,(H-,31,34,37,38,39). The number of nitrogens with zero attached hydrogens (tertiary/aromatic N) is 2. The molecular weight excluding hydrogens is 641 g/mol. The fraction of sp³-hybridized carbons (Fsp3) is 0.786. The van der Waals surface area contributed by atoms with Crippen LogP contribution < -0.4 is 4.72 Å². The van der Waals surface area contributed by atoms with Gasteiger partial charge in [-0.15, -0.1) is 11.8 Å². The van der Waals surface area contributed by atoms with E-state index in [0.29, 0.717) is 51.6 Å². The SMILES string of the molecule is CCC(=C/C1=[N+](CCCC(=O)NS(C)(=O)=O)C2CC(F)CCC2S1)/C=C1\SC2CCC(F)CC2N1CCCCS(=O)(=O)[O-]. The monoisotopic (exact) mass is 683 g/mol. The molecule has 6 unspecified atom stereocenters. The van der Waals surface area contributed by atoms with Gasteiger partial charge in [-0.25, -0.2) is 30.2 Å². The maximum atomic E-state index is 14.5. The summed E-state index contributed by atoms with van der Waals surface area (Å²) in [5.41, 5.74) is 1.06. The Bertz CT molecular complexity index is 1340. The topological polar surface area (TPSA) is 127 Å². The number of fused-ring (bicyclic) bond motifs is 2. The molecule has 2 aliphatic carbocycles. The van der Waals surface area contributed by atoms with Crippen LogP contribution in [0.1, 0.15) is 77.6 Å². The zero-order valence-electron chi connectivity index (χ0n) is 24.8. The molecular formula is C28H43F2N3O6S4. The van der Waals surface area contributed by atoms with Gasteiger partial charge in [-0.2, -0.15) is 0 Å². The first-order chi connectivity index (χ1) is 20.2. The molecule has 1 N–H and O–H groups in total. The van der Waals surface area contributed by atoms with Gasteiger partial charge >= 0.3 is 0 Å². The molecule has 6 atom stereocenters. The smallest absolute Gasteiger partial charge is 0.235 e. The van der Waals surface area contributed by atoms with E-state index in [9.17, 15) is 35.0 Å². The number of hydrogen-bond donors (Lipinski definition) is 1. The number of allylic oxidation sites excluding steroid dienone is 2. The molecule has 0 spiro atoms. The van der Waals surface area contributed by atoms with Crippen molar-refractivity contribution in [1.29, 1.82) is 0 Å². The van der Waals surface area contributed by atoms with Crippen molar-refractivity contribution in [2.24, 2.45) is 0 Å². The van der Waals surface area contributed by atoms with E-state index < -0.39 is 44.1 Å². The summed E-state index contributed by atoms with van der Waals surface area (Å²) in [6, 6.07) is 0.0251. The second-order valence-corrected chi connectivity index (χ2v) is 17.7. The van der Waals surface area contributed by atoms with Crippen molar-refractivity contribution in [3.05, 3.63) is 22.8 Å². The van der Waals surface area contributed by atoms with Crippen LogP contribution >= 0.6 is 23.5 Å². The van der Waals surface area contributed by atoms with Crippen molar-refractivity contribution < 1.29 is 39.5 Å². The third-order valence-corrected chi connectivity index (χ3v) is 12.7. The number of hydrogen-bond acceptors (Lipinski definition) is 9. The molecule has 1 amide bonds. The third kappa shape index (κ3) is 10.2. The highest BCUT2D eigenvalue weighted by molar-refractivity contribution is 8.14. The zero-order valence-corrected chi connectivity index (χ0v) is 28.0. The highest BCUT2D eigenvalue weighted by atomic mass is 32.2. The minimum absolute atomic E-state index is 0.00253. The van der Waals surface area contributed by atoms with Crippen LogP contribution in [0.3, 0.4) is 0 Å². The van der Waals surface area contributed by atoms with Crippen LogP contribution in [0.25, 0.3) is 0 Å². The van der Waals surface area contributed by atoms with E-state index >= 15 is 0 Å². The van der Waals surface area contributed by atoms with E-state index in [1.54, 1.807) is 23.5 Å². The number of carbonyl (C=O) groups is 1. The molecule has 0 aromatic heterocycles. The molecule has 4 aliphatic rings. The van der Waals surface area contributed by atoms with Gasteiger partial charge in [-0.3, -0.25) is 9.52 Å². The second-order valence-electron chi connectivity index (χ2n) is 11.9. The molecule has 1 saturated heterocycles. The maximum absolute atomic E-state index is 14.5. The van der Waals surface area contributed by atoms with Crippen molar-refractivity contribution in [2.75, 3.05) is 25.1 Å². The van der Waals surface area contributed by atoms with Gasteiger partial charge in [0.2, 0.25) is 21.0 Å². The number of amides is 1. The Balaban J connectivity index is 1.56. The van der Waals surface area contributed by atoms with Crippen molar-refractivity contribution in [3.63, 3.8) is 0 Å². The average Bonchev–Trinajstić information content (AvgIpc) is 3.41. The first-order valence-electron chi connectivity index (χ1n) is 15.1.